The van der Waals surface area contributed by atoms with Gasteiger partial charge >= 0.3 is 0 Å². The number of fused-ring (bicyclic) bond motifs is 1. The van der Waals surface area contributed by atoms with Crippen molar-refractivity contribution in [1.29, 1.82) is 0 Å². The molecule has 0 bridgehead atoms. The molecule has 0 radical (unpaired) electrons. The van der Waals surface area contributed by atoms with E-state index in [1.165, 1.54) is 6.26 Å². The molecule has 1 aliphatic heterocycles. The predicted octanol–water partition coefficient (Wildman–Crippen LogP) is 0.909. The standard InChI is InChI=1S/C16H18N6O3/c1-10-3-4-24-15(10)16(23)17-6-12-8-22-13(9-25-12)14(19-20-22)11-5-18-21(2)7-11/h3-5,7,12H,6,8-9H2,1-2H3,(H,17,23). The zero-order valence-electron chi connectivity index (χ0n) is 14.0. The second-order valence-corrected chi connectivity index (χ2v) is 6.05. The molecule has 130 valence electrons. The molecule has 1 unspecified atom stereocenters. The van der Waals surface area contributed by atoms with Gasteiger partial charge in [-0.3, -0.25) is 9.48 Å². The minimum absolute atomic E-state index is 0.171. The third kappa shape index (κ3) is 2.93. The van der Waals surface area contributed by atoms with E-state index in [0.717, 1.165) is 22.5 Å². The fraction of sp³-hybridized carbons (Fsp3) is 0.375. The summed E-state index contributed by atoms with van der Waals surface area (Å²) in [5.41, 5.74) is 3.41. The van der Waals surface area contributed by atoms with Crippen LogP contribution in [0.25, 0.3) is 11.3 Å². The van der Waals surface area contributed by atoms with Crippen LogP contribution < -0.4 is 5.32 Å². The van der Waals surface area contributed by atoms with Crippen molar-refractivity contribution in [2.24, 2.45) is 7.05 Å². The van der Waals surface area contributed by atoms with Gasteiger partial charge in [0.2, 0.25) is 0 Å². The second kappa shape index (κ2) is 6.17. The van der Waals surface area contributed by atoms with Crippen molar-refractivity contribution in [3.05, 3.63) is 41.7 Å². The number of ether oxygens (including phenoxy) is 1. The minimum Gasteiger partial charge on any atom is -0.459 e. The van der Waals surface area contributed by atoms with E-state index in [4.69, 9.17) is 9.15 Å². The van der Waals surface area contributed by atoms with Gasteiger partial charge in [-0.25, -0.2) is 4.68 Å². The zero-order chi connectivity index (χ0) is 17.4. The van der Waals surface area contributed by atoms with E-state index in [0.29, 0.717) is 25.5 Å². The number of aromatic nitrogens is 5. The third-order valence-corrected chi connectivity index (χ3v) is 4.21. The third-order valence-electron chi connectivity index (χ3n) is 4.21. The zero-order valence-corrected chi connectivity index (χ0v) is 14.0. The van der Waals surface area contributed by atoms with Crippen molar-refractivity contribution in [2.45, 2.75) is 26.2 Å². The molecule has 3 aromatic heterocycles. The Morgan fingerprint density at radius 2 is 2.36 bits per heavy atom. The Labute approximate surface area is 143 Å². The summed E-state index contributed by atoms with van der Waals surface area (Å²) in [6.45, 7) is 3.12. The average molecular weight is 342 g/mol. The number of furan rings is 1. The lowest BCUT2D eigenvalue weighted by molar-refractivity contribution is 0.00162. The molecule has 3 aromatic rings. The van der Waals surface area contributed by atoms with E-state index in [1.54, 1.807) is 16.9 Å². The van der Waals surface area contributed by atoms with Crippen LogP contribution in [-0.4, -0.2) is 43.3 Å². The van der Waals surface area contributed by atoms with Gasteiger partial charge in [0.1, 0.15) is 5.69 Å². The number of nitrogens with zero attached hydrogens (tertiary/aromatic N) is 5. The van der Waals surface area contributed by atoms with Gasteiger partial charge in [0.05, 0.1) is 37.4 Å². The largest absolute Gasteiger partial charge is 0.459 e. The van der Waals surface area contributed by atoms with Crippen LogP contribution in [0.2, 0.25) is 0 Å². The molecule has 1 atom stereocenters. The highest BCUT2D eigenvalue weighted by Gasteiger charge is 2.25. The SMILES string of the molecule is Cc1ccoc1C(=O)NCC1Cn2nnc(-c3cnn(C)c3)c2CO1. The smallest absolute Gasteiger partial charge is 0.287 e. The number of carbonyl (C=O) groups is 1. The second-order valence-electron chi connectivity index (χ2n) is 6.05. The number of nitrogens with one attached hydrogen (secondary N) is 1. The summed E-state index contributed by atoms with van der Waals surface area (Å²) in [7, 11) is 1.86. The van der Waals surface area contributed by atoms with Crippen LogP contribution in [0.1, 0.15) is 21.8 Å². The molecule has 0 fully saturated rings. The van der Waals surface area contributed by atoms with E-state index in [2.05, 4.69) is 20.7 Å². The van der Waals surface area contributed by atoms with Gasteiger partial charge in [0.15, 0.2) is 5.76 Å². The number of hydrogen-bond donors (Lipinski definition) is 1. The monoisotopic (exact) mass is 342 g/mol. The molecule has 25 heavy (non-hydrogen) atoms. The molecule has 1 N–H and O–H groups in total. The summed E-state index contributed by atoms with van der Waals surface area (Å²) < 4.78 is 14.6. The van der Waals surface area contributed by atoms with Crippen LogP contribution >= 0.6 is 0 Å². The summed E-state index contributed by atoms with van der Waals surface area (Å²) in [6.07, 6.45) is 4.98. The normalized spacial score (nSPS) is 16.6. The van der Waals surface area contributed by atoms with E-state index in [9.17, 15) is 4.79 Å². The first-order chi connectivity index (χ1) is 12.1. The van der Waals surface area contributed by atoms with Crippen molar-refractivity contribution in [3.63, 3.8) is 0 Å². The lowest BCUT2D eigenvalue weighted by Crippen LogP contribution is -2.39. The topological polar surface area (TPSA) is 100 Å². The average Bonchev–Trinajstić information content (AvgIpc) is 3.31. The van der Waals surface area contributed by atoms with Crippen LogP contribution in [0, 0.1) is 6.92 Å². The van der Waals surface area contributed by atoms with Crippen molar-refractivity contribution in [3.8, 4) is 11.3 Å². The fourth-order valence-corrected chi connectivity index (χ4v) is 2.85. The number of carbonyl (C=O) groups excluding carboxylic acids is 1. The van der Waals surface area contributed by atoms with E-state index >= 15 is 0 Å². The highest BCUT2D eigenvalue weighted by atomic mass is 16.5. The molecule has 0 aromatic carbocycles. The van der Waals surface area contributed by atoms with Gasteiger partial charge in [0.25, 0.3) is 5.91 Å². The van der Waals surface area contributed by atoms with Gasteiger partial charge in [-0.15, -0.1) is 5.10 Å². The Morgan fingerprint density at radius 3 is 3.08 bits per heavy atom. The molecule has 1 aliphatic rings. The van der Waals surface area contributed by atoms with Crippen molar-refractivity contribution >= 4 is 5.91 Å². The highest BCUT2D eigenvalue weighted by Crippen LogP contribution is 2.24. The quantitative estimate of drug-likeness (QED) is 0.756. The molecule has 0 saturated carbocycles. The number of rotatable bonds is 4. The molecular formula is C16H18N6O3. The predicted molar refractivity (Wildman–Crippen MR) is 86.6 cm³/mol. The first-order valence-corrected chi connectivity index (χ1v) is 7.97. The van der Waals surface area contributed by atoms with E-state index in [-0.39, 0.29) is 12.0 Å². The van der Waals surface area contributed by atoms with Gasteiger partial charge in [-0.2, -0.15) is 5.10 Å². The molecule has 9 nitrogen and oxygen atoms in total. The Kier molecular flexibility index (Phi) is 3.85. The molecular weight excluding hydrogens is 324 g/mol. The Balaban J connectivity index is 1.41. The van der Waals surface area contributed by atoms with Gasteiger partial charge in [-0.1, -0.05) is 5.21 Å². The van der Waals surface area contributed by atoms with Gasteiger partial charge in [0, 0.05) is 30.9 Å². The fourth-order valence-electron chi connectivity index (χ4n) is 2.85. The van der Waals surface area contributed by atoms with Crippen LogP contribution in [0.5, 0.6) is 0 Å². The van der Waals surface area contributed by atoms with Crippen LogP contribution in [0.15, 0.2) is 29.1 Å². The summed E-state index contributed by atoms with van der Waals surface area (Å²) >= 11 is 0. The van der Waals surface area contributed by atoms with Crippen LogP contribution in [0.4, 0.5) is 0 Å². The Morgan fingerprint density at radius 1 is 1.48 bits per heavy atom. The number of aryl methyl sites for hydroxylation is 2. The lowest BCUT2D eigenvalue weighted by atomic mass is 10.2. The maximum absolute atomic E-state index is 12.1. The lowest BCUT2D eigenvalue weighted by Gasteiger charge is -2.24. The minimum atomic E-state index is -0.244. The molecule has 0 aliphatic carbocycles. The van der Waals surface area contributed by atoms with E-state index in [1.807, 2.05) is 24.9 Å². The summed E-state index contributed by atoms with van der Waals surface area (Å²) in [4.78, 5) is 12.1. The summed E-state index contributed by atoms with van der Waals surface area (Å²) in [5.74, 6) is 0.0858. The van der Waals surface area contributed by atoms with Gasteiger partial charge in [-0.05, 0) is 13.0 Å². The maximum atomic E-state index is 12.1. The summed E-state index contributed by atoms with van der Waals surface area (Å²) in [6, 6.07) is 1.76. The Hall–Kier alpha value is -2.94. The van der Waals surface area contributed by atoms with E-state index < -0.39 is 0 Å². The number of hydrogen-bond acceptors (Lipinski definition) is 6. The Bertz CT molecular complexity index is 909. The first-order valence-electron chi connectivity index (χ1n) is 7.97. The molecule has 0 spiro atoms. The highest BCUT2D eigenvalue weighted by molar-refractivity contribution is 5.92. The molecule has 9 heteroatoms. The van der Waals surface area contributed by atoms with Crippen molar-refractivity contribution in [2.75, 3.05) is 6.54 Å². The van der Waals surface area contributed by atoms with Crippen molar-refractivity contribution in [1.82, 2.24) is 30.1 Å². The maximum Gasteiger partial charge on any atom is 0.287 e. The van der Waals surface area contributed by atoms with Crippen molar-refractivity contribution < 1.29 is 13.9 Å². The number of amides is 1. The van der Waals surface area contributed by atoms with Crippen LogP contribution in [-0.2, 0) is 24.9 Å². The van der Waals surface area contributed by atoms with Crippen LogP contribution in [0.3, 0.4) is 0 Å². The van der Waals surface area contributed by atoms with Gasteiger partial charge < -0.3 is 14.5 Å². The molecule has 1 amide bonds. The molecule has 4 rings (SSSR count). The molecule has 4 heterocycles. The molecule has 0 saturated heterocycles. The first kappa shape index (κ1) is 15.6. The summed E-state index contributed by atoms with van der Waals surface area (Å²) in [5, 5.41) is 15.4.